The quantitative estimate of drug-likeness (QED) is 0.446. The molecule has 0 radical (unpaired) electrons. The Bertz CT molecular complexity index is 1320. The number of fused-ring (bicyclic) bond motifs is 1. The minimum Gasteiger partial charge on any atom is -0.339 e. The third-order valence-corrected chi connectivity index (χ3v) is 6.16. The van der Waals surface area contributed by atoms with Crippen molar-refractivity contribution in [1.29, 1.82) is 0 Å². The molecule has 0 spiro atoms. The van der Waals surface area contributed by atoms with Crippen molar-refractivity contribution in [3.63, 3.8) is 0 Å². The zero-order chi connectivity index (χ0) is 22.8. The molecule has 10 nitrogen and oxygen atoms in total. The van der Waals surface area contributed by atoms with Crippen LogP contribution in [0.5, 0.6) is 0 Å². The van der Waals surface area contributed by atoms with Crippen LogP contribution in [0.25, 0.3) is 16.7 Å². The maximum Gasteiger partial charge on any atom is 0.329 e. The summed E-state index contributed by atoms with van der Waals surface area (Å²) < 4.78 is 5.17. The van der Waals surface area contributed by atoms with E-state index in [0.717, 1.165) is 16.7 Å². The third-order valence-electron chi connectivity index (χ3n) is 6.16. The Labute approximate surface area is 190 Å². The molecule has 4 aromatic rings. The van der Waals surface area contributed by atoms with Crippen molar-refractivity contribution in [3.05, 3.63) is 65.1 Å². The first-order valence-electron chi connectivity index (χ1n) is 11.2. The molecule has 0 aliphatic carbocycles. The van der Waals surface area contributed by atoms with E-state index in [4.69, 9.17) is 0 Å². The van der Waals surface area contributed by atoms with Gasteiger partial charge in [-0.05, 0) is 41.6 Å². The molecule has 1 amide bonds. The Kier molecular flexibility index (Phi) is 5.64. The highest BCUT2D eigenvalue weighted by Gasteiger charge is 2.25. The zero-order valence-corrected chi connectivity index (χ0v) is 18.5. The number of benzene rings is 2. The minimum atomic E-state index is -0.0657. The van der Waals surface area contributed by atoms with E-state index in [9.17, 15) is 9.59 Å². The van der Waals surface area contributed by atoms with Crippen LogP contribution in [0.4, 0.5) is 5.95 Å². The number of aromatic nitrogens is 6. The molecule has 2 aromatic heterocycles. The Balaban J connectivity index is 1.23. The molecule has 33 heavy (non-hydrogen) atoms. The second kappa shape index (κ2) is 8.89. The van der Waals surface area contributed by atoms with Gasteiger partial charge in [0.2, 0.25) is 11.9 Å². The van der Waals surface area contributed by atoms with Crippen LogP contribution in [0.2, 0.25) is 0 Å². The molecular weight excluding hydrogens is 420 g/mol. The van der Waals surface area contributed by atoms with Gasteiger partial charge in [-0.2, -0.15) is 4.68 Å². The maximum atomic E-state index is 12.9. The fourth-order valence-corrected chi connectivity index (χ4v) is 4.43. The molecule has 0 bridgehead atoms. The van der Waals surface area contributed by atoms with Crippen LogP contribution in [0.1, 0.15) is 13.3 Å². The molecule has 2 aromatic carbocycles. The van der Waals surface area contributed by atoms with Crippen molar-refractivity contribution < 1.29 is 4.79 Å². The summed E-state index contributed by atoms with van der Waals surface area (Å²) in [6.45, 7) is 5.40. The van der Waals surface area contributed by atoms with Crippen molar-refractivity contribution in [1.82, 2.24) is 34.2 Å². The number of carbonyl (C=O) groups excluding carboxylic acids is 1. The summed E-state index contributed by atoms with van der Waals surface area (Å²) in [5.74, 6) is 0.727. The fourth-order valence-electron chi connectivity index (χ4n) is 4.43. The van der Waals surface area contributed by atoms with E-state index in [1.807, 2.05) is 66.4 Å². The number of aryl methyl sites for hydroxylation is 2. The zero-order valence-electron chi connectivity index (χ0n) is 18.5. The lowest BCUT2D eigenvalue weighted by atomic mass is 10.2. The topological polar surface area (TPSA) is 94.1 Å². The van der Waals surface area contributed by atoms with Crippen molar-refractivity contribution in [2.45, 2.75) is 26.4 Å². The summed E-state index contributed by atoms with van der Waals surface area (Å²) in [7, 11) is 0. The van der Waals surface area contributed by atoms with Crippen LogP contribution in [0.3, 0.4) is 0 Å². The number of hydrogen-bond donors (Lipinski definition) is 0. The molecular formula is C23H26N8O2. The number of amides is 1. The van der Waals surface area contributed by atoms with E-state index in [1.54, 1.807) is 13.8 Å². The van der Waals surface area contributed by atoms with E-state index >= 15 is 0 Å². The smallest absolute Gasteiger partial charge is 0.329 e. The molecule has 5 rings (SSSR count). The Morgan fingerprint density at radius 3 is 2.27 bits per heavy atom. The highest BCUT2D eigenvalue weighted by Crippen LogP contribution is 2.18. The summed E-state index contributed by atoms with van der Waals surface area (Å²) in [4.78, 5) is 29.7. The van der Waals surface area contributed by atoms with Crippen molar-refractivity contribution in [2.24, 2.45) is 0 Å². The van der Waals surface area contributed by atoms with Gasteiger partial charge in [0.1, 0.15) is 0 Å². The van der Waals surface area contributed by atoms with Crippen molar-refractivity contribution >= 4 is 22.9 Å². The molecule has 10 heteroatoms. The second-order valence-corrected chi connectivity index (χ2v) is 8.01. The van der Waals surface area contributed by atoms with Gasteiger partial charge in [0.25, 0.3) is 0 Å². The molecule has 170 valence electrons. The third kappa shape index (κ3) is 3.88. The fraction of sp³-hybridized carbons (Fsp3) is 0.348. The molecule has 1 aliphatic heterocycles. The normalized spacial score (nSPS) is 14.2. The van der Waals surface area contributed by atoms with Crippen LogP contribution < -0.4 is 10.6 Å². The van der Waals surface area contributed by atoms with Crippen LogP contribution >= 0.6 is 0 Å². The van der Waals surface area contributed by atoms with E-state index in [0.29, 0.717) is 51.6 Å². The molecule has 0 atom stereocenters. The largest absolute Gasteiger partial charge is 0.339 e. The number of para-hydroxylation sites is 3. The number of piperazine rings is 1. The number of imidazole rings is 1. The predicted octanol–water partition coefficient (Wildman–Crippen LogP) is 1.54. The van der Waals surface area contributed by atoms with Crippen LogP contribution in [0.15, 0.2) is 59.4 Å². The molecule has 1 aliphatic rings. The van der Waals surface area contributed by atoms with E-state index < -0.39 is 0 Å². The summed E-state index contributed by atoms with van der Waals surface area (Å²) in [5.41, 5.74) is 2.61. The van der Waals surface area contributed by atoms with Crippen LogP contribution in [-0.2, 0) is 17.9 Å². The van der Waals surface area contributed by atoms with Gasteiger partial charge < -0.3 is 9.80 Å². The Hall–Kier alpha value is -3.95. The lowest BCUT2D eigenvalue weighted by Gasteiger charge is -2.34. The molecule has 0 saturated carbocycles. The first kappa shape index (κ1) is 20.9. The number of hydrogen-bond acceptors (Lipinski definition) is 6. The van der Waals surface area contributed by atoms with Gasteiger partial charge >= 0.3 is 5.69 Å². The first-order chi connectivity index (χ1) is 16.2. The SMILES string of the molecule is CCn1c(=O)n(CCC(=O)N2CCN(c3nnnn3-c3ccccc3)CC2)c2ccccc21. The average molecular weight is 447 g/mol. The Morgan fingerprint density at radius 2 is 1.58 bits per heavy atom. The monoisotopic (exact) mass is 446 g/mol. The molecule has 3 heterocycles. The van der Waals surface area contributed by atoms with Crippen LogP contribution in [-0.4, -0.2) is 66.3 Å². The minimum absolute atomic E-state index is 0.0533. The molecule has 1 saturated heterocycles. The van der Waals surface area contributed by atoms with Gasteiger partial charge in [0.15, 0.2) is 0 Å². The van der Waals surface area contributed by atoms with E-state index in [1.165, 1.54) is 0 Å². The van der Waals surface area contributed by atoms with Crippen LogP contribution in [0, 0.1) is 0 Å². The van der Waals surface area contributed by atoms with Gasteiger partial charge in [-0.3, -0.25) is 13.9 Å². The summed E-state index contributed by atoms with van der Waals surface area (Å²) in [6.07, 6.45) is 0.291. The number of nitrogens with zero attached hydrogens (tertiary/aromatic N) is 8. The highest BCUT2D eigenvalue weighted by molar-refractivity contribution is 5.78. The number of rotatable bonds is 6. The number of anilines is 1. The number of carbonyl (C=O) groups is 1. The highest BCUT2D eigenvalue weighted by atomic mass is 16.2. The lowest BCUT2D eigenvalue weighted by Crippen LogP contribution is -2.49. The molecule has 1 fully saturated rings. The second-order valence-electron chi connectivity index (χ2n) is 8.01. The first-order valence-corrected chi connectivity index (χ1v) is 11.2. The molecule has 0 unspecified atom stereocenters. The average Bonchev–Trinajstić information content (AvgIpc) is 3.45. The van der Waals surface area contributed by atoms with Gasteiger partial charge in [-0.15, -0.1) is 0 Å². The van der Waals surface area contributed by atoms with Gasteiger partial charge in [-0.25, -0.2) is 4.79 Å². The summed E-state index contributed by atoms with van der Waals surface area (Å²) in [5, 5.41) is 12.2. The van der Waals surface area contributed by atoms with Crippen molar-refractivity contribution in [3.8, 4) is 5.69 Å². The molecule has 0 N–H and O–H groups in total. The van der Waals surface area contributed by atoms with E-state index in [2.05, 4.69) is 20.4 Å². The van der Waals surface area contributed by atoms with Gasteiger partial charge in [0, 0.05) is 45.7 Å². The standard InChI is InChI=1S/C23H26N8O2/c1-2-29-19-10-6-7-11-20(19)30(23(29)33)13-12-21(32)27-14-16-28(17-15-27)22-24-25-26-31(22)18-8-4-3-5-9-18/h3-11H,2,12-17H2,1H3. The van der Waals surface area contributed by atoms with E-state index in [-0.39, 0.29) is 11.6 Å². The van der Waals surface area contributed by atoms with Crippen molar-refractivity contribution in [2.75, 3.05) is 31.1 Å². The summed E-state index contributed by atoms with van der Waals surface area (Å²) in [6, 6.07) is 17.5. The predicted molar refractivity (Wildman–Crippen MR) is 124 cm³/mol. The van der Waals surface area contributed by atoms with Gasteiger partial charge in [-0.1, -0.05) is 35.4 Å². The lowest BCUT2D eigenvalue weighted by molar-refractivity contribution is -0.131. The van der Waals surface area contributed by atoms with Gasteiger partial charge in [0.05, 0.1) is 16.7 Å². The summed E-state index contributed by atoms with van der Waals surface area (Å²) >= 11 is 0. The Morgan fingerprint density at radius 1 is 0.909 bits per heavy atom. The number of tetrazole rings is 1. The maximum absolute atomic E-state index is 12.9.